The van der Waals surface area contributed by atoms with Crippen molar-refractivity contribution in [2.24, 2.45) is 5.10 Å². The van der Waals surface area contributed by atoms with Crippen LogP contribution in [0.4, 0.5) is 0 Å². The fourth-order valence-electron chi connectivity index (χ4n) is 0.998. The van der Waals surface area contributed by atoms with Gasteiger partial charge in [-0.25, -0.2) is 5.01 Å². The quantitative estimate of drug-likeness (QED) is 0.610. The van der Waals surface area contributed by atoms with Gasteiger partial charge < -0.3 is 5.11 Å². The molecule has 0 bridgehead atoms. The summed E-state index contributed by atoms with van der Waals surface area (Å²) in [6.07, 6.45) is 1.27. The van der Waals surface area contributed by atoms with Gasteiger partial charge >= 0.3 is 0 Å². The van der Waals surface area contributed by atoms with E-state index < -0.39 is 0 Å². The van der Waals surface area contributed by atoms with Crippen LogP contribution >= 0.6 is 0 Å². The van der Waals surface area contributed by atoms with E-state index in [1.165, 1.54) is 5.01 Å². The van der Waals surface area contributed by atoms with Crippen LogP contribution in [0.25, 0.3) is 0 Å². The molecule has 62 valence electrons. The van der Waals surface area contributed by atoms with E-state index in [-0.39, 0.29) is 12.5 Å². The topological polar surface area (TPSA) is 52.9 Å². The van der Waals surface area contributed by atoms with Crippen molar-refractivity contribution in [3.8, 4) is 0 Å². The highest BCUT2D eigenvalue weighted by atomic mass is 16.3. The fourth-order valence-corrected chi connectivity index (χ4v) is 0.998. The van der Waals surface area contributed by atoms with Crippen molar-refractivity contribution in [1.82, 2.24) is 5.01 Å². The number of amides is 1. The van der Waals surface area contributed by atoms with E-state index in [9.17, 15) is 4.79 Å². The van der Waals surface area contributed by atoms with Crippen molar-refractivity contribution in [3.05, 3.63) is 0 Å². The fraction of sp³-hybridized carbons (Fsp3) is 0.714. The van der Waals surface area contributed by atoms with Gasteiger partial charge in [0.05, 0.1) is 13.2 Å². The molecule has 1 aliphatic rings. The van der Waals surface area contributed by atoms with Crippen LogP contribution in [0.2, 0.25) is 0 Å². The van der Waals surface area contributed by atoms with Gasteiger partial charge in [-0.15, -0.1) is 0 Å². The van der Waals surface area contributed by atoms with Gasteiger partial charge in [0, 0.05) is 12.1 Å². The molecule has 0 spiro atoms. The molecule has 1 amide bonds. The number of aliphatic hydroxyl groups is 1. The summed E-state index contributed by atoms with van der Waals surface area (Å²) in [6.45, 7) is 2.18. The zero-order valence-electron chi connectivity index (χ0n) is 6.58. The maximum atomic E-state index is 11.0. The number of carbonyl (C=O) groups excluding carboxylic acids is 1. The minimum atomic E-state index is -0.0253. The third kappa shape index (κ3) is 2.01. The molecule has 1 N–H and O–H groups in total. The molecule has 4 nitrogen and oxygen atoms in total. The lowest BCUT2D eigenvalue weighted by atomic mass is 10.2. The van der Waals surface area contributed by atoms with Crippen molar-refractivity contribution in [2.45, 2.75) is 19.8 Å². The van der Waals surface area contributed by atoms with Crippen molar-refractivity contribution >= 4 is 11.6 Å². The van der Waals surface area contributed by atoms with E-state index in [0.717, 1.165) is 12.1 Å². The zero-order valence-corrected chi connectivity index (χ0v) is 6.58. The monoisotopic (exact) mass is 156 g/mol. The van der Waals surface area contributed by atoms with Gasteiger partial charge in [-0.1, -0.05) is 0 Å². The Morgan fingerprint density at radius 1 is 1.64 bits per heavy atom. The van der Waals surface area contributed by atoms with Gasteiger partial charge in [-0.2, -0.15) is 5.10 Å². The van der Waals surface area contributed by atoms with E-state index in [2.05, 4.69) is 5.10 Å². The Morgan fingerprint density at radius 3 is 3.00 bits per heavy atom. The summed E-state index contributed by atoms with van der Waals surface area (Å²) in [5.41, 5.74) is 0.957. The van der Waals surface area contributed by atoms with Crippen molar-refractivity contribution in [2.75, 3.05) is 13.2 Å². The lowest BCUT2D eigenvalue weighted by Crippen LogP contribution is -2.33. The molecule has 0 fully saturated rings. The second-order valence-corrected chi connectivity index (χ2v) is 2.58. The van der Waals surface area contributed by atoms with E-state index in [1.54, 1.807) is 0 Å². The van der Waals surface area contributed by atoms with Crippen LogP contribution in [0.15, 0.2) is 5.10 Å². The molecule has 1 heterocycles. The number of β-amino-alcohol motifs (C(OH)–C–C–N with tert-alkyl or cyclic N) is 1. The van der Waals surface area contributed by atoms with Gasteiger partial charge in [0.25, 0.3) is 0 Å². The van der Waals surface area contributed by atoms with Gasteiger partial charge in [-0.05, 0) is 13.3 Å². The second kappa shape index (κ2) is 3.48. The molecule has 0 atom stereocenters. The van der Waals surface area contributed by atoms with Crippen LogP contribution in [-0.2, 0) is 4.79 Å². The molecule has 0 saturated heterocycles. The van der Waals surface area contributed by atoms with Crippen LogP contribution < -0.4 is 0 Å². The van der Waals surface area contributed by atoms with Crippen LogP contribution in [-0.4, -0.2) is 34.9 Å². The first-order valence-corrected chi connectivity index (χ1v) is 3.69. The Morgan fingerprint density at radius 2 is 2.36 bits per heavy atom. The van der Waals surface area contributed by atoms with Crippen LogP contribution in [0.1, 0.15) is 19.8 Å². The summed E-state index contributed by atoms with van der Waals surface area (Å²) in [5.74, 6) is 0.00431. The zero-order chi connectivity index (χ0) is 8.27. The van der Waals surface area contributed by atoms with Crippen molar-refractivity contribution in [1.29, 1.82) is 0 Å². The van der Waals surface area contributed by atoms with E-state index >= 15 is 0 Å². The Labute approximate surface area is 65.5 Å². The number of nitrogens with zero attached hydrogens (tertiary/aromatic N) is 2. The molecular weight excluding hydrogens is 144 g/mol. The van der Waals surface area contributed by atoms with Gasteiger partial charge in [0.2, 0.25) is 5.91 Å². The van der Waals surface area contributed by atoms with Gasteiger partial charge in [0.15, 0.2) is 0 Å². The molecule has 0 radical (unpaired) electrons. The standard InChI is InChI=1S/C7H12N2O2/c1-6-2-3-7(11)9(8-6)4-5-10/h10H,2-5H2,1H3. The molecule has 0 aromatic heterocycles. The number of carbonyl (C=O) groups is 1. The van der Waals surface area contributed by atoms with E-state index in [4.69, 9.17) is 5.11 Å². The summed E-state index contributed by atoms with van der Waals surface area (Å²) >= 11 is 0. The van der Waals surface area contributed by atoms with Crippen LogP contribution in [0.5, 0.6) is 0 Å². The number of hydrazone groups is 1. The van der Waals surface area contributed by atoms with Crippen molar-refractivity contribution in [3.63, 3.8) is 0 Å². The third-order valence-corrected chi connectivity index (χ3v) is 1.59. The van der Waals surface area contributed by atoms with E-state index in [0.29, 0.717) is 13.0 Å². The lowest BCUT2D eigenvalue weighted by molar-refractivity contribution is -0.132. The number of hydrogen-bond donors (Lipinski definition) is 1. The molecule has 0 aromatic rings. The second-order valence-electron chi connectivity index (χ2n) is 2.58. The normalized spacial score (nSPS) is 18.5. The Bertz CT molecular complexity index is 189. The summed E-state index contributed by atoms with van der Waals surface area (Å²) in [7, 11) is 0. The highest BCUT2D eigenvalue weighted by Gasteiger charge is 2.16. The van der Waals surface area contributed by atoms with Crippen LogP contribution in [0, 0.1) is 0 Å². The summed E-state index contributed by atoms with van der Waals surface area (Å²) in [5, 5.41) is 13.9. The predicted molar refractivity (Wildman–Crippen MR) is 41.1 cm³/mol. The predicted octanol–water partition coefficient (Wildman–Crippen LogP) is -0.0230. The van der Waals surface area contributed by atoms with Gasteiger partial charge in [0.1, 0.15) is 0 Å². The summed E-state index contributed by atoms with van der Waals surface area (Å²) in [6, 6.07) is 0. The summed E-state index contributed by atoms with van der Waals surface area (Å²) < 4.78 is 0. The largest absolute Gasteiger partial charge is 0.394 e. The molecule has 1 aliphatic heterocycles. The molecule has 0 aliphatic carbocycles. The Hall–Kier alpha value is -0.900. The third-order valence-electron chi connectivity index (χ3n) is 1.59. The first-order valence-electron chi connectivity index (χ1n) is 3.69. The van der Waals surface area contributed by atoms with Crippen LogP contribution in [0.3, 0.4) is 0 Å². The highest BCUT2D eigenvalue weighted by Crippen LogP contribution is 2.07. The first kappa shape index (κ1) is 8.20. The average Bonchev–Trinajstić information content (AvgIpc) is 1.98. The lowest BCUT2D eigenvalue weighted by Gasteiger charge is -2.20. The minimum absolute atomic E-state index is 0.00431. The number of rotatable bonds is 2. The van der Waals surface area contributed by atoms with E-state index in [1.807, 2.05) is 6.92 Å². The van der Waals surface area contributed by atoms with Crippen molar-refractivity contribution < 1.29 is 9.90 Å². The Balaban J connectivity index is 2.59. The average molecular weight is 156 g/mol. The number of hydrogen-bond acceptors (Lipinski definition) is 3. The smallest absolute Gasteiger partial charge is 0.243 e. The molecule has 0 aromatic carbocycles. The molecule has 1 rings (SSSR count). The SMILES string of the molecule is CC1=NN(CCO)C(=O)CC1. The minimum Gasteiger partial charge on any atom is -0.394 e. The number of aliphatic hydroxyl groups excluding tert-OH is 1. The summed E-state index contributed by atoms with van der Waals surface area (Å²) in [4.78, 5) is 11.0. The Kier molecular flexibility index (Phi) is 2.59. The molecule has 4 heteroatoms. The van der Waals surface area contributed by atoms with Gasteiger partial charge in [-0.3, -0.25) is 4.79 Å². The molecule has 0 unspecified atom stereocenters. The molecule has 11 heavy (non-hydrogen) atoms. The maximum absolute atomic E-state index is 11.0. The molecule has 0 saturated carbocycles. The highest BCUT2D eigenvalue weighted by molar-refractivity contribution is 5.90. The molecular formula is C7H12N2O2. The first-order chi connectivity index (χ1) is 5.24. The maximum Gasteiger partial charge on any atom is 0.243 e.